The first-order valence-corrected chi connectivity index (χ1v) is 8.65. The van der Waals surface area contributed by atoms with E-state index in [9.17, 15) is 9.59 Å². The van der Waals surface area contributed by atoms with Crippen molar-refractivity contribution in [1.82, 2.24) is 0 Å². The Balaban J connectivity index is 1.98. The normalized spacial score (nSPS) is 13.2. The van der Waals surface area contributed by atoms with E-state index in [0.717, 1.165) is 15.9 Å². The topological polar surface area (TPSA) is 50.6 Å². The lowest BCUT2D eigenvalue weighted by Crippen LogP contribution is -3.12. The van der Waals surface area contributed by atoms with Crippen LogP contribution in [0.25, 0.3) is 0 Å². The van der Waals surface area contributed by atoms with Gasteiger partial charge in [0.2, 0.25) is 0 Å². The van der Waals surface area contributed by atoms with Crippen molar-refractivity contribution < 1.29 is 14.5 Å². The Bertz CT molecular complexity index is 728. The maximum absolute atomic E-state index is 12.4. The van der Waals surface area contributed by atoms with Crippen molar-refractivity contribution in [3.05, 3.63) is 64.1 Å². The monoisotopic (exact) mass is 389 g/mol. The molecule has 0 bridgehead atoms. The van der Waals surface area contributed by atoms with Crippen LogP contribution >= 0.6 is 15.9 Å². The van der Waals surface area contributed by atoms with Crippen LogP contribution in [-0.4, -0.2) is 24.8 Å². The Morgan fingerprint density at radius 2 is 1.75 bits per heavy atom. The number of carbonyl (C=O) groups is 2. The van der Waals surface area contributed by atoms with E-state index < -0.39 is 0 Å². The second kappa shape index (κ2) is 8.22. The standard InChI is InChI=1S/C19H21BrN2O2/c1-13(22(3)12-16-6-4-5-7-18(16)20)19(24)21-17-10-8-15(9-11-17)14(2)23/h4-11,13H,12H2,1-3H3,(H,21,24)/p+1/t13-/m1/s1. The largest absolute Gasteiger partial charge is 0.324 e. The van der Waals surface area contributed by atoms with Crippen LogP contribution in [0.2, 0.25) is 0 Å². The van der Waals surface area contributed by atoms with E-state index >= 15 is 0 Å². The van der Waals surface area contributed by atoms with E-state index in [-0.39, 0.29) is 17.7 Å². The number of carbonyl (C=O) groups excluding carboxylic acids is 2. The molecule has 2 aromatic carbocycles. The number of nitrogens with one attached hydrogen (secondary N) is 2. The van der Waals surface area contributed by atoms with Gasteiger partial charge in [0.15, 0.2) is 11.8 Å². The summed E-state index contributed by atoms with van der Waals surface area (Å²) in [6.45, 7) is 4.18. The molecule has 0 aromatic heterocycles. The van der Waals surface area contributed by atoms with Gasteiger partial charge >= 0.3 is 0 Å². The predicted octanol–water partition coefficient (Wildman–Crippen LogP) is 2.69. The quantitative estimate of drug-likeness (QED) is 0.746. The Labute approximate surface area is 151 Å². The summed E-state index contributed by atoms with van der Waals surface area (Å²) in [5.41, 5.74) is 2.50. The van der Waals surface area contributed by atoms with Crippen LogP contribution in [0.3, 0.4) is 0 Å². The van der Waals surface area contributed by atoms with Gasteiger partial charge in [-0.1, -0.05) is 34.1 Å². The summed E-state index contributed by atoms with van der Waals surface area (Å²) in [5, 5.41) is 2.91. The number of rotatable bonds is 6. The number of ketones is 1. The van der Waals surface area contributed by atoms with Crippen molar-refractivity contribution in [2.45, 2.75) is 26.4 Å². The number of quaternary nitrogens is 1. The molecule has 0 aliphatic heterocycles. The van der Waals surface area contributed by atoms with Crippen LogP contribution < -0.4 is 10.2 Å². The second-order valence-electron chi connectivity index (χ2n) is 5.96. The van der Waals surface area contributed by atoms with Crippen molar-refractivity contribution in [1.29, 1.82) is 0 Å². The predicted molar refractivity (Wildman–Crippen MR) is 99.3 cm³/mol. The minimum absolute atomic E-state index is 0.0128. The summed E-state index contributed by atoms with van der Waals surface area (Å²) in [6, 6.07) is 14.8. The fourth-order valence-electron chi connectivity index (χ4n) is 2.36. The minimum atomic E-state index is -0.204. The van der Waals surface area contributed by atoms with Crippen LogP contribution in [0.5, 0.6) is 0 Å². The number of Topliss-reactive ketones (excluding diaryl/α,β-unsaturated/α-hetero) is 1. The molecule has 2 aromatic rings. The summed E-state index contributed by atoms with van der Waals surface area (Å²) >= 11 is 3.54. The lowest BCUT2D eigenvalue weighted by Gasteiger charge is -2.21. The maximum Gasteiger partial charge on any atom is 0.282 e. The molecule has 0 fully saturated rings. The van der Waals surface area contributed by atoms with Crippen molar-refractivity contribution in [3.8, 4) is 0 Å². The molecular weight excluding hydrogens is 368 g/mol. The SMILES string of the molecule is CC(=O)c1ccc(NC(=O)[C@@H](C)[NH+](C)Cc2ccccc2Br)cc1. The second-order valence-corrected chi connectivity index (χ2v) is 6.81. The molecule has 0 spiro atoms. The third kappa shape index (κ3) is 4.76. The average Bonchev–Trinajstić information content (AvgIpc) is 2.56. The molecule has 24 heavy (non-hydrogen) atoms. The fraction of sp³-hybridized carbons (Fsp3) is 0.263. The zero-order chi connectivity index (χ0) is 17.7. The van der Waals surface area contributed by atoms with E-state index in [0.29, 0.717) is 11.3 Å². The third-order valence-corrected chi connectivity index (χ3v) is 4.89. The highest BCUT2D eigenvalue weighted by atomic mass is 79.9. The molecule has 0 aliphatic rings. The van der Waals surface area contributed by atoms with Crippen molar-refractivity contribution in [3.63, 3.8) is 0 Å². The van der Waals surface area contributed by atoms with Gasteiger partial charge in [0.05, 0.1) is 7.05 Å². The summed E-state index contributed by atoms with van der Waals surface area (Å²) in [5.74, 6) is -0.0333. The van der Waals surface area contributed by atoms with Crippen LogP contribution in [-0.2, 0) is 11.3 Å². The van der Waals surface area contributed by atoms with Gasteiger partial charge in [0.1, 0.15) is 6.54 Å². The summed E-state index contributed by atoms with van der Waals surface area (Å²) in [4.78, 5) is 24.8. The van der Waals surface area contributed by atoms with Crippen molar-refractivity contribution in [2.24, 2.45) is 0 Å². The van der Waals surface area contributed by atoms with E-state index in [1.165, 1.54) is 12.5 Å². The molecule has 4 nitrogen and oxygen atoms in total. The Morgan fingerprint density at radius 3 is 2.33 bits per heavy atom. The van der Waals surface area contributed by atoms with Gasteiger partial charge in [-0.05, 0) is 44.2 Å². The molecule has 2 atom stereocenters. The fourth-order valence-corrected chi connectivity index (χ4v) is 2.78. The highest BCUT2D eigenvalue weighted by molar-refractivity contribution is 9.10. The minimum Gasteiger partial charge on any atom is -0.324 e. The van der Waals surface area contributed by atoms with E-state index in [1.54, 1.807) is 24.3 Å². The third-order valence-electron chi connectivity index (χ3n) is 4.12. The summed E-state index contributed by atoms with van der Waals surface area (Å²) < 4.78 is 1.05. The Hall–Kier alpha value is -1.98. The van der Waals surface area contributed by atoms with Gasteiger partial charge in [-0.2, -0.15) is 0 Å². The molecule has 1 amide bonds. The van der Waals surface area contributed by atoms with Gasteiger partial charge in [0, 0.05) is 21.3 Å². The first-order chi connectivity index (χ1) is 11.4. The zero-order valence-electron chi connectivity index (χ0n) is 14.1. The Kier molecular flexibility index (Phi) is 6.29. The summed E-state index contributed by atoms with van der Waals surface area (Å²) in [7, 11) is 2.00. The molecule has 2 rings (SSSR count). The van der Waals surface area contributed by atoms with Gasteiger partial charge in [-0.3, -0.25) is 9.59 Å². The number of amides is 1. The maximum atomic E-state index is 12.4. The van der Waals surface area contributed by atoms with E-state index in [1.807, 2.05) is 32.2 Å². The number of benzene rings is 2. The molecular formula is C19H22BrN2O2+. The average molecular weight is 390 g/mol. The van der Waals surface area contributed by atoms with E-state index in [4.69, 9.17) is 0 Å². The highest BCUT2D eigenvalue weighted by Crippen LogP contribution is 2.14. The molecule has 0 saturated carbocycles. The van der Waals surface area contributed by atoms with Crippen LogP contribution in [0.1, 0.15) is 29.8 Å². The van der Waals surface area contributed by atoms with Gasteiger partial charge < -0.3 is 10.2 Å². The van der Waals surface area contributed by atoms with Gasteiger partial charge in [-0.15, -0.1) is 0 Å². The molecule has 0 saturated heterocycles. The highest BCUT2D eigenvalue weighted by Gasteiger charge is 2.22. The molecule has 2 N–H and O–H groups in total. The number of halogens is 1. The lowest BCUT2D eigenvalue weighted by atomic mass is 10.1. The van der Waals surface area contributed by atoms with Gasteiger partial charge in [-0.25, -0.2) is 0 Å². The summed E-state index contributed by atoms with van der Waals surface area (Å²) in [6.07, 6.45) is 0. The van der Waals surface area contributed by atoms with Crippen LogP contribution in [0, 0.1) is 0 Å². The molecule has 0 radical (unpaired) electrons. The van der Waals surface area contributed by atoms with Crippen molar-refractivity contribution >= 4 is 33.3 Å². The Morgan fingerprint density at radius 1 is 1.12 bits per heavy atom. The molecule has 0 heterocycles. The number of hydrogen-bond donors (Lipinski definition) is 2. The van der Waals surface area contributed by atoms with Crippen LogP contribution in [0.4, 0.5) is 5.69 Å². The van der Waals surface area contributed by atoms with Crippen LogP contribution in [0.15, 0.2) is 53.0 Å². The lowest BCUT2D eigenvalue weighted by molar-refractivity contribution is -0.907. The molecule has 126 valence electrons. The smallest absolute Gasteiger partial charge is 0.282 e. The molecule has 0 aliphatic carbocycles. The first kappa shape index (κ1) is 18.4. The van der Waals surface area contributed by atoms with Gasteiger partial charge in [0.25, 0.3) is 5.91 Å². The number of likely N-dealkylation sites (N-methyl/N-ethyl adjacent to an activating group) is 1. The van der Waals surface area contributed by atoms with E-state index in [2.05, 4.69) is 27.3 Å². The molecule has 1 unspecified atom stereocenters. The molecule has 5 heteroatoms. The number of hydrogen-bond acceptors (Lipinski definition) is 2. The number of anilines is 1. The first-order valence-electron chi connectivity index (χ1n) is 7.86. The zero-order valence-corrected chi connectivity index (χ0v) is 15.7. The van der Waals surface area contributed by atoms with Crippen molar-refractivity contribution in [2.75, 3.05) is 12.4 Å².